The molecular weight excluding hydrogens is 554 g/mol. The topological polar surface area (TPSA) is 57.4 Å². The van der Waals surface area contributed by atoms with Gasteiger partial charge in [0, 0.05) is 38.6 Å². The van der Waals surface area contributed by atoms with Crippen LogP contribution in [0.2, 0.25) is 0 Å². The Morgan fingerprint density at radius 2 is 0.969 bits per heavy atom. The van der Waals surface area contributed by atoms with E-state index in [9.17, 15) is 0 Å². The first-order valence-corrected chi connectivity index (χ1v) is 10.9. The van der Waals surface area contributed by atoms with Crippen LogP contribution in [0, 0.1) is 9.64 Å². The zero-order valence-electron chi connectivity index (χ0n) is 16.8. The van der Waals surface area contributed by atoms with E-state index >= 15 is 0 Å². The third-order valence-electron chi connectivity index (χ3n) is 4.72. The van der Waals surface area contributed by atoms with E-state index < -0.39 is 0 Å². The molecule has 5 heterocycles. The number of nitrogens with zero attached hydrogens (tertiary/aromatic N) is 2. The second kappa shape index (κ2) is 10.1. The van der Waals surface area contributed by atoms with Crippen LogP contribution in [0.1, 0.15) is 22.8 Å². The molecule has 6 rings (SSSR count). The van der Waals surface area contributed by atoms with Crippen molar-refractivity contribution in [3.63, 3.8) is 0 Å². The molecule has 4 aromatic rings. The van der Waals surface area contributed by atoms with E-state index in [1.807, 2.05) is 66.8 Å². The maximum Gasteiger partial charge on any atom is 0.0659 e. The number of aromatic nitrogens is 4. The van der Waals surface area contributed by atoms with Crippen LogP contribution >= 0.6 is 22.6 Å². The van der Waals surface area contributed by atoms with Gasteiger partial charge in [0.2, 0.25) is 0 Å². The molecule has 6 heteroatoms. The van der Waals surface area contributed by atoms with Crippen molar-refractivity contribution in [3.8, 4) is 0 Å². The average Bonchev–Trinajstić information content (AvgIpc) is 3.55. The number of nitrogens with one attached hydrogen (secondary N) is 2. The van der Waals surface area contributed by atoms with Gasteiger partial charge in [-0.15, -0.1) is 0 Å². The fourth-order valence-corrected chi connectivity index (χ4v) is 3.67. The van der Waals surface area contributed by atoms with Gasteiger partial charge >= 0.3 is 0 Å². The predicted octanol–water partition coefficient (Wildman–Crippen LogP) is 6.74. The SMILES string of the molecule is C1=Cc2cc3ccc(cc4ccc(cc5nc(cc1n2)C=C5)[nH]4)[nH]3.Ic1cc[c-]cc1.[Ni]. The van der Waals surface area contributed by atoms with Crippen LogP contribution in [-0.2, 0) is 16.5 Å². The molecular formula is C26H18IN4Ni-. The van der Waals surface area contributed by atoms with E-state index in [2.05, 4.69) is 78.9 Å². The van der Waals surface area contributed by atoms with Gasteiger partial charge in [0.05, 0.1) is 22.8 Å². The minimum atomic E-state index is 0. The number of rotatable bonds is 0. The van der Waals surface area contributed by atoms with Crippen LogP contribution in [0.4, 0.5) is 0 Å². The van der Waals surface area contributed by atoms with Gasteiger partial charge in [-0.3, -0.25) is 0 Å². The molecule has 0 fully saturated rings. The summed E-state index contributed by atoms with van der Waals surface area (Å²) in [6.07, 6.45) is 8.05. The number of aromatic amines is 2. The summed E-state index contributed by atoms with van der Waals surface area (Å²) >= 11 is 2.26. The average molecular weight is 572 g/mol. The van der Waals surface area contributed by atoms with E-state index in [1.165, 1.54) is 3.57 Å². The number of halogens is 1. The summed E-state index contributed by atoms with van der Waals surface area (Å²) in [5, 5.41) is 0. The first kappa shape index (κ1) is 22.2. The van der Waals surface area contributed by atoms with Gasteiger partial charge in [0.25, 0.3) is 0 Å². The normalized spacial score (nSPS) is 11.4. The van der Waals surface area contributed by atoms with E-state index in [0.717, 1.165) is 44.8 Å². The number of benzene rings is 1. The van der Waals surface area contributed by atoms with Crippen LogP contribution in [0.5, 0.6) is 0 Å². The smallest absolute Gasteiger partial charge is 0.0659 e. The van der Waals surface area contributed by atoms with E-state index in [-0.39, 0.29) is 16.5 Å². The second-order valence-corrected chi connectivity index (χ2v) is 8.37. The third kappa shape index (κ3) is 5.64. The molecule has 32 heavy (non-hydrogen) atoms. The van der Waals surface area contributed by atoms with E-state index in [0.29, 0.717) is 0 Å². The fourth-order valence-electron chi connectivity index (χ4n) is 3.31. The first-order chi connectivity index (χ1) is 15.2. The van der Waals surface area contributed by atoms with Crippen molar-refractivity contribution in [2.24, 2.45) is 0 Å². The van der Waals surface area contributed by atoms with Crippen molar-refractivity contribution in [2.75, 3.05) is 0 Å². The van der Waals surface area contributed by atoms with Crippen LogP contribution in [0.25, 0.3) is 46.4 Å². The van der Waals surface area contributed by atoms with Gasteiger partial charge in [0.15, 0.2) is 0 Å². The van der Waals surface area contributed by atoms with Gasteiger partial charge in [-0.1, -0.05) is 26.2 Å². The second-order valence-electron chi connectivity index (χ2n) is 7.12. The minimum absolute atomic E-state index is 0. The quantitative estimate of drug-likeness (QED) is 0.120. The van der Waals surface area contributed by atoms with Crippen molar-refractivity contribution in [1.29, 1.82) is 0 Å². The van der Waals surface area contributed by atoms with Crippen LogP contribution in [-0.4, -0.2) is 19.9 Å². The number of hydrogen-bond acceptors (Lipinski definition) is 2. The van der Waals surface area contributed by atoms with Crippen molar-refractivity contribution in [3.05, 3.63) is 105 Å². The molecule has 2 aliphatic rings. The maximum atomic E-state index is 4.62. The summed E-state index contributed by atoms with van der Waals surface area (Å²) in [4.78, 5) is 16.0. The van der Waals surface area contributed by atoms with E-state index in [4.69, 9.17) is 0 Å². The van der Waals surface area contributed by atoms with Gasteiger partial charge in [-0.2, -0.15) is 30.3 Å². The molecule has 0 atom stereocenters. The summed E-state index contributed by atoms with van der Waals surface area (Å²) in [6.45, 7) is 0. The van der Waals surface area contributed by atoms with Gasteiger partial charge in [0.1, 0.15) is 0 Å². The number of hydrogen-bond donors (Lipinski definition) is 2. The molecule has 2 aliphatic heterocycles. The van der Waals surface area contributed by atoms with Gasteiger partial charge in [-0.25, -0.2) is 9.97 Å². The Bertz CT molecular complexity index is 1360. The summed E-state index contributed by atoms with van der Waals surface area (Å²) in [7, 11) is 0. The maximum absolute atomic E-state index is 4.62. The molecule has 2 N–H and O–H groups in total. The Morgan fingerprint density at radius 1 is 0.562 bits per heavy atom. The summed E-state index contributed by atoms with van der Waals surface area (Å²) < 4.78 is 1.26. The van der Waals surface area contributed by atoms with Crippen molar-refractivity contribution < 1.29 is 16.5 Å². The molecule has 0 unspecified atom stereocenters. The molecule has 4 nitrogen and oxygen atoms in total. The predicted molar refractivity (Wildman–Crippen MR) is 137 cm³/mol. The first-order valence-electron chi connectivity index (χ1n) is 9.86. The number of H-pyrrole nitrogens is 2. The van der Waals surface area contributed by atoms with Crippen molar-refractivity contribution in [2.45, 2.75) is 0 Å². The van der Waals surface area contributed by atoms with E-state index in [1.54, 1.807) is 0 Å². The molecule has 0 saturated heterocycles. The molecule has 8 bridgehead atoms. The number of fused-ring (bicyclic) bond motifs is 8. The summed E-state index contributed by atoms with van der Waals surface area (Å²) in [5.74, 6) is 0. The molecule has 0 amide bonds. The Morgan fingerprint density at radius 3 is 1.38 bits per heavy atom. The van der Waals surface area contributed by atoms with Crippen molar-refractivity contribution >= 4 is 69.0 Å². The standard InChI is InChI=1S/C20H14N4.C6H4I.Ni/c1-2-14-10-16-5-6-18(23-16)12-20-8-7-19(24-20)11-17-4-3-15(22-17)9-13(1)21-14;7-6-4-2-1-3-5-6;/h1-12,21-22H;2-5H;/q;-1;. The van der Waals surface area contributed by atoms with Crippen LogP contribution < -0.4 is 0 Å². The zero-order valence-corrected chi connectivity index (χ0v) is 20.0. The molecule has 3 aromatic heterocycles. The summed E-state index contributed by atoms with van der Waals surface area (Å²) in [5.41, 5.74) is 7.86. The summed E-state index contributed by atoms with van der Waals surface area (Å²) in [6, 6.07) is 27.2. The molecule has 0 spiro atoms. The molecule has 160 valence electrons. The Labute approximate surface area is 209 Å². The fraction of sp³-hybridized carbons (Fsp3) is 0. The molecule has 0 aliphatic carbocycles. The van der Waals surface area contributed by atoms with Crippen molar-refractivity contribution in [1.82, 2.24) is 19.9 Å². The Kier molecular flexibility index (Phi) is 7.03. The van der Waals surface area contributed by atoms with Gasteiger partial charge in [-0.05, 0) is 72.8 Å². The van der Waals surface area contributed by atoms with Gasteiger partial charge < -0.3 is 9.97 Å². The molecule has 0 saturated carbocycles. The molecule has 0 radical (unpaired) electrons. The Balaban J connectivity index is 0.000000265. The monoisotopic (exact) mass is 571 g/mol. The third-order valence-corrected chi connectivity index (χ3v) is 5.44. The zero-order chi connectivity index (χ0) is 21.0. The Hall–Kier alpha value is -2.96. The largest absolute Gasteiger partial charge is 0.355 e. The molecule has 1 aromatic carbocycles. The van der Waals surface area contributed by atoms with Crippen LogP contribution in [0.3, 0.4) is 0 Å². The van der Waals surface area contributed by atoms with Crippen LogP contribution in [0.15, 0.2) is 72.8 Å². The minimum Gasteiger partial charge on any atom is -0.355 e.